The number of hydrogen-bond acceptors (Lipinski definition) is 3. The summed E-state index contributed by atoms with van der Waals surface area (Å²) in [6.07, 6.45) is 0.955. The van der Waals surface area contributed by atoms with Gasteiger partial charge in [-0.3, -0.25) is 4.79 Å². The van der Waals surface area contributed by atoms with E-state index in [0.717, 1.165) is 18.7 Å². The van der Waals surface area contributed by atoms with Gasteiger partial charge in [-0.05, 0) is 29.5 Å². The van der Waals surface area contributed by atoms with Crippen LogP contribution in [0, 0.1) is 5.41 Å². The molecule has 5 heteroatoms. The summed E-state index contributed by atoms with van der Waals surface area (Å²) in [6, 6.07) is 4.51. The maximum atomic E-state index is 12.2. The predicted octanol–water partition coefficient (Wildman–Crippen LogP) is 1.88. The summed E-state index contributed by atoms with van der Waals surface area (Å²) in [7, 11) is 0. The molecule has 0 spiro atoms. The highest BCUT2D eigenvalue weighted by atomic mass is 16.4. The molecule has 0 unspecified atom stereocenters. The maximum Gasteiger partial charge on any atom is 0.326 e. The van der Waals surface area contributed by atoms with Crippen molar-refractivity contribution in [3.05, 3.63) is 29.3 Å². The largest absolute Gasteiger partial charge is 0.480 e. The molecule has 3 N–H and O–H groups in total. The van der Waals surface area contributed by atoms with E-state index in [4.69, 9.17) is 0 Å². The van der Waals surface area contributed by atoms with Gasteiger partial charge in [-0.25, -0.2) is 4.79 Å². The number of benzene rings is 1. The van der Waals surface area contributed by atoms with Crippen molar-refractivity contribution in [2.45, 2.75) is 33.2 Å². The first-order chi connectivity index (χ1) is 9.29. The molecule has 20 heavy (non-hydrogen) atoms. The van der Waals surface area contributed by atoms with Gasteiger partial charge in [-0.1, -0.05) is 26.8 Å². The van der Waals surface area contributed by atoms with Gasteiger partial charge in [0.05, 0.1) is 0 Å². The summed E-state index contributed by atoms with van der Waals surface area (Å²) in [6.45, 7) is 6.24. The number of fused-ring (bicyclic) bond motifs is 1. The molecule has 0 fully saturated rings. The minimum atomic E-state index is -1.02. The fraction of sp³-hybridized carbons (Fsp3) is 0.467. The number of hydrogen-bond donors (Lipinski definition) is 3. The Bertz CT molecular complexity index is 547. The van der Waals surface area contributed by atoms with Crippen LogP contribution >= 0.6 is 0 Å². The summed E-state index contributed by atoms with van der Waals surface area (Å²) >= 11 is 0. The van der Waals surface area contributed by atoms with Gasteiger partial charge in [-0.2, -0.15) is 0 Å². The van der Waals surface area contributed by atoms with Gasteiger partial charge in [0.1, 0.15) is 6.04 Å². The van der Waals surface area contributed by atoms with Crippen molar-refractivity contribution in [3.8, 4) is 0 Å². The van der Waals surface area contributed by atoms with Gasteiger partial charge in [0, 0.05) is 17.8 Å². The monoisotopic (exact) mass is 276 g/mol. The first-order valence-corrected chi connectivity index (χ1v) is 6.69. The lowest BCUT2D eigenvalue weighted by Crippen LogP contribution is -2.49. The minimum Gasteiger partial charge on any atom is -0.480 e. The lowest BCUT2D eigenvalue weighted by atomic mass is 9.86. The number of amides is 1. The van der Waals surface area contributed by atoms with E-state index in [1.165, 1.54) is 5.56 Å². The maximum absolute atomic E-state index is 12.2. The SMILES string of the molecule is CC(C)(C)[C@H](NC(=O)c1ccc2c(c1)NCC2)C(=O)O. The zero-order chi connectivity index (χ0) is 14.9. The number of anilines is 1. The van der Waals surface area contributed by atoms with Crippen molar-refractivity contribution in [2.24, 2.45) is 5.41 Å². The molecule has 1 amide bonds. The fourth-order valence-electron chi connectivity index (χ4n) is 2.30. The molecular weight excluding hydrogens is 256 g/mol. The topological polar surface area (TPSA) is 78.4 Å². The Morgan fingerprint density at radius 2 is 2.05 bits per heavy atom. The quantitative estimate of drug-likeness (QED) is 0.787. The molecule has 108 valence electrons. The van der Waals surface area contributed by atoms with E-state index >= 15 is 0 Å². The number of carbonyl (C=O) groups excluding carboxylic acids is 1. The van der Waals surface area contributed by atoms with Crippen molar-refractivity contribution in [1.29, 1.82) is 0 Å². The highest BCUT2D eigenvalue weighted by Gasteiger charge is 2.32. The number of carbonyl (C=O) groups is 2. The first kappa shape index (κ1) is 14.4. The van der Waals surface area contributed by atoms with Crippen molar-refractivity contribution in [1.82, 2.24) is 5.32 Å². The van der Waals surface area contributed by atoms with Gasteiger partial charge >= 0.3 is 5.97 Å². The molecule has 1 aromatic rings. The van der Waals surface area contributed by atoms with Crippen LogP contribution in [0.1, 0.15) is 36.7 Å². The molecule has 1 aliphatic heterocycles. The van der Waals surface area contributed by atoms with Gasteiger partial charge in [0.2, 0.25) is 0 Å². The lowest BCUT2D eigenvalue weighted by Gasteiger charge is -2.27. The third-order valence-electron chi connectivity index (χ3n) is 3.47. The van der Waals surface area contributed by atoms with E-state index in [9.17, 15) is 14.7 Å². The Balaban J connectivity index is 2.17. The van der Waals surface area contributed by atoms with E-state index < -0.39 is 17.4 Å². The molecular formula is C15H20N2O3. The van der Waals surface area contributed by atoms with Crippen LogP contribution < -0.4 is 10.6 Å². The Morgan fingerprint density at radius 1 is 1.35 bits per heavy atom. The Hall–Kier alpha value is -2.04. The second-order valence-electron chi connectivity index (χ2n) is 6.16. The van der Waals surface area contributed by atoms with Crippen LogP contribution in [-0.4, -0.2) is 29.6 Å². The molecule has 0 aromatic heterocycles. The van der Waals surface area contributed by atoms with Crippen molar-refractivity contribution in [3.63, 3.8) is 0 Å². The molecule has 1 atom stereocenters. The van der Waals surface area contributed by atoms with Gasteiger partial charge < -0.3 is 15.7 Å². The summed E-state index contributed by atoms with van der Waals surface area (Å²) in [5.41, 5.74) is 2.08. The summed E-state index contributed by atoms with van der Waals surface area (Å²) in [4.78, 5) is 23.5. The van der Waals surface area contributed by atoms with Gasteiger partial charge in [-0.15, -0.1) is 0 Å². The normalized spacial score (nSPS) is 15.2. The van der Waals surface area contributed by atoms with E-state index in [1.54, 1.807) is 32.9 Å². The average Bonchev–Trinajstić information content (AvgIpc) is 2.80. The van der Waals surface area contributed by atoms with E-state index in [0.29, 0.717) is 5.56 Å². The van der Waals surface area contributed by atoms with Crippen molar-refractivity contribution in [2.75, 3.05) is 11.9 Å². The molecule has 0 saturated carbocycles. The first-order valence-electron chi connectivity index (χ1n) is 6.69. The van der Waals surface area contributed by atoms with E-state index in [-0.39, 0.29) is 5.91 Å². The fourth-order valence-corrected chi connectivity index (χ4v) is 2.30. The summed E-state index contributed by atoms with van der Waals surface area (Å²) in [5.74, 6) is -1.38. The van der Waals surface area contributed by atoms with Crippen molar-refractivity contribution < 1.29 is 14.7 Å². The number of carboxylic acids is 1. The van der Waals surface area contributed by atoms with Crippen LogP contribution in [0.15, 0.2) is 18.2 Å². The third kappa shape index (κ3) is 2.92. The second kappa shape index (κ2) is 5.15. The molecule has 0 saturated heterocycles. The Kier molecular flexibility index (Phi) is 3.70. The lowest BCUT2D eigenvalue weighted by molar-refractivity contribution is -0.142. The molecule has 2 rings (SSSR count). The summed E-state index contributed by atoms with van der Waals surface area (Å²) < 4.78 is 0. The second-order valence-corrected chi connectivity index (χ2v) is 6.16. The van der Waals surface area contributed by atoms with Crippen LogP contribution in [-0.2, 0) is 11.2 Å². The molecule has 1 aliphatic rings. The zero-order valence-corrected chi connectivity index (χ0v) is 12.0. The molecule has 0 aliphatic carbocycles. The summed E-state index contributed by atoms with van der Waals surface area (Å²) in [5, 5.41) is 15.0. The average molecular weight is 276 g/mol. The molecule has 1 aromatic carbocycles. The molecule has 0 bridgehead atoms. The van der Waals surface area contributed by atoms with Crippen LogP contribution in [0.4, 0.5) is 5.69 Å². The smallest absolute Gasteiger partial charge is 0.326 e. The minimum absolute atomic E-state index is 0.358. The highest BCUT2D eigenvalue weighted by Crippen LogP contribution is 2.24. The van der Waals surface area contributed by atoms with Crippen LogP contribution in [0.5, 0.6) is 0 Å². The van der Waals surface area contributed by atoms with E-state index in [1.807, 2.05) is 6.07 Å². The molecule has 0 radical (unpaired) electrons. The zero-order valence-electron chi connectivity index (χ0n) is 12.0. The predicted molar refractivity (Wildman–Crippen MR) is 77.0 cm³/mol. The standard InChI is InChI=1S/C15H20N2O3/c1-15(2,3)12(14(19)20)17-13(18)10-5-4-9-6-7-16-11(9)8-10/h4-5,8,12,16H,6-7H2,1-3H3,(H,17,18)(H,19,20)/t12-/m1/s1. The third-order valence-corrected chi connectivity index (χ3v) is 3.47. The van der Waals surface area contributed by atoms with Crippen LogP contribution in [0.2, 0.25) is 0 Å². The number of aliphatic carboxylic acids is 1. The number of carboxylic acid groups (broad SMARTS) is 1. The van der Waals surface area contributed by atoms with Gasteiger partial charge in [0.25, 0.3) is 5.91 Å². The van der Waals surface area contributed by atoms with Crippen molar-refractivity contribution >= 4 is 17.6 Å². The number of rotatable bonds is 3. The van der Waals surface area contributed by atoms with Crippen LogP contribution in [0.3, 0.4) is 0 Å². The molecule has 1 heterocycles. The van der Waals surface area contributed by atoms with Crippen LogP contribution in [0.25, 0.3) is 0 Å². The number of nitrogens with one attached hydrogen (secondary N) is 2. The Morgan fingerprint density at radius 3 is 2.65 bits per heavy atom. The van der Waals surface area contributed by atoms with Gasteiger partial charge in [0.15, 0.2) is 0 Å². The highest BCUT2D eigenvalue weighted by molar-refractivity contribution is 5.97. The molecule has 5 nitrogen and oxygen atoms in total. The Labute approximate surface area is 118 Å². The van der Waals surface area contributed by atoms with E-state index in [2.05, 4.69) is 10.6 Å².